The smallest absolute Gasteiger partial charge is 0.472 e. The van der Waals surface area contributed by atoms with Crippen molar-refractivity contribution in [3.63, 3.8) is 0 Å². The Morgan fingerprint density at radius 1 is 0.590 bits per heavy atom. The van der Waals surface area contributed by atoms with Crippen LogP contribution in [0.2, 0.25) is 0 Å². The Morgan fingerprint density at radius 3 is 1.64 bits per heavy atom. The van der Waals surface area contributed by atoms with Crippen LogP contribution in [0.4, 0.5) is 0 Å². The number of phosphoric ester groups is 1. The molecule has 0 aliphatic rings. The van der Waals surface area contributed by atoms with Gasteiger partial charge >= 0.3 is 25.7 Å². The van der Waals surface area contributed by atoms with Crippen molar-refractivity contribution >= 4 is 25.7 Å². The maximum Gasteiger partial charge on any atom is 0.472 e. The number of phosphoric acid groups is 1. The Balaban J connectivity index is 4.64. The number of allylic oxidation sites excluding steroid dienone is 17. The lowest BCUT2D eigenvalue weighted by atomic mass is 10.1. The topological polar surface area (TPSA) is 192 Å². The van der Waals surface area contributed by atoms with Gasteiger partial charge in [-0.25, -0.2) is 4.57 Å². The molecule has 0 aromatic heterocycles. The second-order valence-electron chi connectivity index (χ2n) is 14.3. The molecule has 12 nitrogen and oxygen atoms in total. The highest BCUT2D eigenvalue weighted by Crippen LogP contribution is 2.43. The van der Waals surface area contributed by atoms with Crippen LogP contribution in [0.5, 0.6) is 0 Å². The van der Waals surface area contributed by atoms with Gasteiger partial charge in [-0.05, 0) is 77.0 Å². The number of hydrogen-bond acceptors (Lipinski definition) is 10. The maximum atomic E-state index is 12.6. The molecule has 0 rings (SSSR count). The largest absolute Gasteiger partial charge is 0.480 e. The van der Waals surface area contributed by atoms with E-state index in [0.29, 0.717) is 19.3 Å². The number of ether oxygens (including phenoxy) is 2. The molecule has 4 atom stereocenters. The van der Waals surface area contributed by atoms with Crippen molar-refractivity contribution in [1.29, 1.82) is 0 Å². The number of aliphatic hydroxyl groups excluding tert-OH is 1. The minimum atomic E-state index is -4.77. The van der Waals surface area contributed by atoms with Crippen LogP contribution in [-0.4, -0.2) is 71.1 Å². The number of hydrogen-bond donors (Lipinski definition) is 4. The molecule has 0 fully saturated rings. The van der Waals surface area contributed by atoms with Gasteiger partial charge in [0.25, 0.3) is 0 Å². The molecule has 0 bridgehead atoms. The summed E-state index contributed by atoms with van der Waals surface area (Å²) < 4.78 is 32.5. The Labute approximate surface area is 366 Å². The van der Waals surface area contributed by atoms with E-state index in [4.69, 9.17) is 24.8 Å². The molecule has 0 aromatic rings. The van der Waals surface area contributed by atoms with Crippen molar-refractivity contribution < 1.29 is 52.6 Å². The lowest BCUT2D eigenvalue weighted by Gasteiger charge is -2.20. The molecular formula is C48H76NO11P. The predicted octanol–water partition coefficient (Wildman–Crippen LogP) is 10.8. The predicted molar refractivity (Wildman–Crippen MR) is 246 cm³/mol. The highest BCUT2D eigenvalue weighted by Gasteiger charge is 2.28. The third-order valence-corrected chi connectivity index (χ3v) is 9.56. The van der Waals surface area contributed by atoms with Gasteiger partial charge in [0, 0.05) is 12.8 Å². The average molecular weight is 874 g/mol. The third-order valence-electron chi connectivity index (χ3n) is 8.61. The van der Waals surface area contributed by atoms with Crippen molar-refractivity contribution in [1.82, 2.24) is 0 Å². The van der Waals surface area contributed by atoms with Gasteiger partial charge in [-0.1, -0.05) is 155 Å². The molecule has 344 valence electrons. The number of carbonyl (C=O) groups is 3. The van der Waals surface area contributed by atoms with E-state index in [1.54, 1.807) is 6.08 Å². The number of carbonyl (C=O) groups excluding carboxylic acids is 2. The fourth-order valence-electron chi connectivity index (χ4n) is 5.09. The van der Waals surface area contributed by atoms with Crippen LogP contribution in [0, 0.1) is 0 Å². The first kappa shape index (κ1) is 57.1. The average Bonchev–Trinajstić information content (AvgIpc) is 3.23. The summed E-state index contributed by atoms with van der Waals surface area (Å²) in [5.74, 6) is -2.61. The number of aliphatic hydroxyl groups is 1. The molecule has 0 amide bonds. The zero-order chi connectivity index (χ0) is 45.1. The van der Waals surface area contributed by atoms with Crippen LogP contribution in [0.15, 0.2) is 109 Å². The first-order chi connectivity index (χ1) is 29.5. The summed E-state index contributed by atoms with van der Waals surface area (Å²) in [6.07, 6.45) is 50.7. The van der Waals surface area contributed by atoms with E-state index in [9.17, 15) is 28.9 Å². The summed E-state index contributed by atoms with van der Waals surface area (Å²) >= 11 is 0. The van der Waals surface area contributed by atoms with Crippen LogP contribution in [0.3, 0.4) is 0 Å². The zero-order valence-corrected chi connectivity index (χ0v) is 37.7. The molecule has 13 heteroatoms. The van der Waals surface area contributed by atoms with Crippen molar-refractivity contribution in [2.24, 2.45) is 5.73 Å². The molecule has 1 unspecified atom stereocenters. The van der Waals surface area contributed by atoms with Crippen LogP contribution in [0.1, 0.15) is 136 Å². The molecule has 0 aliphatic heterocycles. The fraction of sp³-hybridized carbons (Fsp3) is 0.562. The van der Waals surface area contributed by atoms with E-state index < -0.39 is 63.8 Å². The van der Waals surface area contributed by atoms with Gasteiger partial charge in [-0.3, -0.25) is 23.4 Å². The minimum absolute atomic E-state index is 0.0429. The van der Waals surface area contributed by atoms with E-state index in [1.165, 1.54) is 19.3 Å². The van der Waals surface area contributed by atoms with Crippen molar-refractivity contribution in [3.8, 4) is 0 Å². The van der Waals surface area contributed by atoms with Gasteiger partial charge in [0.1, 0.15) is 12.6 Å². The fourth-order valence-corrected chi connectivity index (χ4v) is 5.87. The number of carboxylic acids is 1. The van der Waals surface area contributed by atoms with Crippen LogP contribution in [0.25, 0.3) is 0 Å². The summed E-state index contributed by atoms with van der Waals surface area (Å²) in [7, 11) is -4.77. The number of aliphatic carboxylic acids is 1. The van der Waals surface area contributed by atoms with E-state index >= 15 is 0 Å². The molecule has 61 heavy (non-hydrogen) atoms. The number of unbranched alkanes of at least 4 members (excludes halogenated alkanes) is 6. The van der Waals surface area contributed by atoms with Crippen molar-refractivity contribution in [2.75, 3.05) is 19.8 Å². The molecule has 0 heterocycles. The monoisotopic (exact) mass is 874 g/mol. The molecule has 0 saturated carbocycles. The lowest BCUT2D eigenvalue weighted by molar-refractivity contribution is -0.161. The molecular weight excluding hydrogens is 797 g/mol. The SMILES string of the molecule is CCCCC/C=C\C/C=C\C/C=C\C/C=C\C/C=C\CCC(=O)OC[C@H](COP(=O)(O)OC[C@H](N)C(=O)O)OC(=O)CCC/C=C\C/C=C\C/C=C\C=C\[C@@H](O)CCCCC. The van der Waals surface area contributed by atoms with Gasteiger partial charge in [-0.2, -0.15) is 0 Å². The molecule has 5 N–H and O–H groups in total. The number of nitrogens with two attached hydrogens (primary N) is 1. The first-order valence-electron chi connectivity index (χ1n) is 22.0. The number of rotatable bonds is 39. The van der Waals surface area contributed by atoms with E-state index in [-0.39, 0.29) is 12.8 Å². The molecule has 0 spiro atoms. The lowest BCUT2D eigenvalue weighted by Crippen LogP contribution is -2.34. The Kier molecular flexibility index (Phi) is 38.8. The van der Waals surface area contributed by atoms with E-state index in [2.05, 4.69) is 67.0 Å². The van der Waals surface area contributed by atoms with Gasteiger partial charge in [-0.15, -0.1) is 0 Å². The quantitative estimate of drug-likeness (QED) is 0.0150. The molecule has 0 radical (unpaired) electrons. The second kappa shape index (κ2) is 41.5. The number of esters is 2. The standard InChI is InChI=1S/C48H76NO11P/c1-3-5-7-8-9-10-11-12-13-14-15-16-17-18-21-24-27-30-34-38-46(51)57-40-44(41-58-61(55,56)59-42-45(49)48(53)54)60-47(52)39-35-31-28-25-22-19-20-23-26-29-33-37-43(50)36-32-6-4-2/h9-10,12-13,15-16,18-21,25-30,33,37,43-45,50H,3-8,11,14,17,22-24,31-32,34-36,38-42,49H2,1-2H3,(H,53,54)(H,55,56)/b10-9-,13-12-,16-15-,20-19-,21-18-,28-25-,29-26-,30-27-,37-33+/t43-,44+,45-/m0/s1. The Bertz CT molecular complexity index is 1460. The summed E-state index contributed by atoms with van der Waals surface area (Å²) in [4.78, 5) is 45.9. The molecule has 0 aliphatic carbocycles. The number of carboxylic acid groups (broad SMARTS) is 1. The van der Waals surface area contributed by atoms with Gasteiger partial charge < -0.3 is 30.3 Å². The van der Waals surface area contributed by atoms with Crippen LogP contribution >= 0.6 is 7.82 Å². The summed E-state index contributed by atoms with van der Waals surface area (Å²) in [5, 5.41) is 18.8. The Morgan fingerprint density at radius 2 is 1.08 bits per heavy atom. The highest BCUT2D eigenvalue weighted by molar-refractivity contribution is 7.47. The maximum absolute atomic E-state index is 12.6. The van der Waals surface area contributed by atoms with Gasteiger partial charge in [0.2, 0.25) is 0 Å². The molecule has 0 aromatic carbocycles. The summed E-state index contributed by atoms with van der Waals surface area (Å²) in [6, 6.07) is -1.55. The molecule has 0 saturated heterocycles. The van der Waals surface area contributed by atoms with Gasteiger partial charge in [0.15, 0.2) is 6.10 Å². The normalized spacial score (nSPS) is 15.2. The van der Waals surface area contributed by atoms with E-state index in [1.807, 2.05) is 54.7 Å². The second-order valence-corrected chi connectivity index (χ2v) is 15.8. The minimum Gasteiger partial charge on any atom is -0.480 e. The highest BCUT2D eigenvalue weighted by atomic mass is 31.2. The third kappa shape index (κ3) is 41.2. The van der Waals surface area contributed by atoms with Crippen LogP contribution in [-0.2, 0) is 37.5 Å². The van der Waals surface area contributed by atoms with Crippen LogP contribution < -0.4 is 5.73 Å². The summed E-state index contributed by atoms with van der Waals surface area (Å²) in [5.41, 5.74) is 5.32. The zero-order valence-electron chi connectivity index (χ0n) is 36.8. The van der Waals surface area contributed by atoms with Crippen molar-refractivity contribution in [2.45, 2.75) is 154 Å². The van der Waals surface area contributed by atoms with Gasteiger partial charge in [0.05, 0.1) is 19.3 Å². The summed E-state index contributed by atoms with van der Waals surface area (Å²) in [6.45, 7) is 2.48. The Hall–Kier alpha value is -3.90. The van der Waals surface area contributed by atoms with E-state index in [0.717, 1.165) is 70.6 Å². The first-order valence-corrected chi connectivity index (χ1v) is 23.5. The van der Waals surface area contributed by atoms with Crippen molar-refractivity contribution in [3.05, 3.63) is 109 Å².